The van der Waals surface area contributed by atoms with Crippen molar-refractivity contribution in [3.8, 4) is 0 Å². The Morgan fingerprint density at radius 1 is 1.07 bits per heavy atom. The van der Waals surface area contributed by atoms with Gasteiger partial charge in [0, 0.05) is 20.3 Å². The van der Waals surface area contributed by atoms with Gasteiger partial charge < -0.3 is 10.6 Å². The molecule has 1 amide bonds. The fourth-order valence-corrected chi connectivity index (χ4v) is 4.15. The Hall–Kier alpha value is -1.29. The first-order valence-electron chi connectivity index (χ1n) is 11.3. The summed E-state index contributed by atoms with van der Waals surface area (Å²) in [6, 6.07) is 0. The molecule has 1 rings (SSSR count). The normalized spacial score (nSPS) is 22.9. The van der Waals surface area contributed by atoms with Crippen molar-refractivity contribution in [3.63, 3.8) is 0 Å². The van der Waals surface area contributed by atoms with Gasteiger partial charge >= 0.3 is 0 Å². The average Bonchev–Trinajstić information content (AvgIpc) is 3.06. The number of hydrogen-bond acceptors (Lipinski definition) is 2. The van der Waals surface area contributed by atoms with Gasteiger partial charge in [0.05, 0.1) is 12.7 Å². The van der Waals surface area contributed by atoms with Gasteiger partial charge in [0.25, 0.3) is 0 Å². The van der Waals surface area contributed by atoms with Gasteiger partial charge in [-0.05, 0) is 39.0 Å². The molecule has 0 spiro atoms. The fraction of sp³-hybridized carbons (Fsp3) is 0.783. The SMILES string of the molecule is CCCCCCC/C=C/CCCCCC1NC=C[N+]1(CC)C(C)NC(C)=O. The van der Waals surface area contributed by atoms with Gasteiger partial charge in [0.2, 0.25) is 5.91 Å². The summed E-state index contributed by atoms with van der Waals surface area (Å²) >= 11 is 0. The summed E-state index contributed by atoms with van der Waals surface area (Å²) in [7, 11) is 0. The van der Waals surface area contributed by atoms with Crippen LogP contribution in [0.25, 0.3) is 0 Å². The monoisotopic (exact) mass is 378 g/mol. The van der Waals surface area contributed by atoms with Crippen molar-refractivity contribution in [2.45, 2.75) is 111 Å². The number of quaternary nitrogens is 1. The molecule has 156 valence electrons. The van der Waals surface area contributed by atoms with Crippen LogP contribution in [0.5, 0.6) is 0 Å². The van der Waals surface area contributed by atoms with Crippen molar-refractivity contribution >= 4 is 5.91 Å². The smallest absolute Gasteiger partial charge is 0.221 e. The number of nitrogens with zero attached hydrogens (tertiary/aromatic N) is 1. The summed E-state index contributed by atoms with van der Waals surface area (Å²) in [4.78, 5) is 11.5. The number of carbonyl (C=O) groups excluding carboxylic acids is 1. The van der Waals surface area contributed by atoms with Gasteiger partial charge in [-0.2, -0.15) is 0 Å². The van der Waals surface area contributed by atoms with E-state index < -0.39 is 0 Å². The van der Waals surface area contributed by atoms with Crippen LogP contribution in [-0.4, -0.2) is 29.3 Å². The molecule has 0 fully saturated rings. The van der Waals surface area contributed by atoms with E-state index in [1.54, 1.807) is 6.92 Å². The minimum Gasteiger partial charge on any atom is -0.338 e. The van der Waals surface area contributed by atoms with Gasteiger partial charge in [-0.25, -0.2) is 0 Å². The molecule has 1 heterocycles. The molecule has 3 atom stereocenters. The maximum absolute atomic E-state index is 11.5. The average molecular weight is 379 g/mol. The summed E-state index contributed by atoms with van der Waals surface area (Å²) in [5, 5.41) is 6.60. The third-order valence-corrected chi connectivity index (χ3v) is 5.89. The second kappa shape index (κ2) is 13.8. The van der Waals surface area contributed by atoms with Crippen LogP contribution in [0, 0.1) is 0 Å². The van der Waals surface area contributed by atoms with Gasteiger partial charge in [-0.15, -0.1) is 0 Å². The highest BCUT2D eigenvalue weighted by Crippen LogP contribution is 2.26. The molecule has 0 bridgehead atoms. The van der Waals surface area contributed by atoms with Crippen LogP contribution in [0.3, 0.4) is 0 Å². The van der Waals surface area contributed by atoms with Crippen LogP contribution >= 0.6 is 0 Å². The molecule has 1 aliphatic rings. The highest BCUT2D eigenvalue weighted by Gasteiger charge is 2.41. The predicted molar refractivity (Wildman–Crippen MR) is 116 cm³/mol. The fourth-order valence-electron chi connectivity index (χ4n) is 4.15. The molecule has 0 aliphatic carbocycles. The summed E-state index contributed by atoms with van der Waals surface area (Å²) in [5.74, 6) is 0.0460. The molecule has 0 saturated carbocycles. The summed E-state index contributed by atoms with van der Waals surface area (Å²) in [5.41, 5.74) is 0. The Labute approximate surface area is 168 Å². The third kappa shape index (κ3) is 8.50. The second-order valence-corrected chi connectivity index (χ2v) is 8.00. The molecule has 27 heavy (non-hydrogen) atoms. The predicted octanol–water partition coefficient (Wildman–Crippen LogP) is 5.57. The highest BCUT2D eigenvalue weighted by atomic mass is 16.1. The Bertz CT molecular complexity index is 461. The van der Waals surface area contributed by atoms with E-state index in [4.69, 9.17) is 0 Å². The van der Waals surface area contributed by atoms with Crippen molar-refractivity contribution in [3.05, 3.63) is 24.6 Å². The van der Waals surface area contributed by atoms with E-state index in [1.807, 2.05) is 0 Å². The second-order valence-electron chi connectivity index (χ2n) is 8.00. The molecule has 0 radical (unpaired) electrons. The zero-order chi connectivity index (χ0) is 20.0. The summed E-state index contributed by atoms with van der Waals surface area (Å²) < 4.78 is 0.803. The molecule has 2 N–H and O–H groups in total. The Balaban J connectivity index is 2.19. The number of carbonyl (C=O) groups is 1. The van der Waals surface area contributed by atoms with Gasteiger partial charge in [0.1, 0.15) is 6.20 Å². The molecule has 0 aromatic heterocycles. The molecule has 0 aromatic rings. The maximum Gasteiger partial charge on any atom is 0.221 e. The van der Waals surface area contributed by atoms with E-state index >= 15 is 0 Å². The zero-order valence-electron chi connectivity index (χ0n) is 18.3. The Morgan fingerprint density at radius 3 is 2.30 bits per heavy atom. The van der Waals surface area contributed by atoms with Gasteiger partial charge in [0.15, 0.2) is 12.3 Å². The number of unbranched alkanes of at least 4 members (excludes halogenated alkanes) is 8. The van der Waals surface area contributed by atoms with Crippen molar-refractivity contribution in [2.75, 3.05) is 6.54 Å². The van der Waals surface area contributed by atoms with Crippen molar-refractivity contribution in [2.24, 2.45) is 0 Å². The first-order valence-corrected chi connectivity index (χ1v) is 11.3. The van der Waals surface area contributed by atoms with E-state index in [2.05, 4.69) is 56.0 Å². The van der Waals surface area contributed by atoms with Crippen molar-refractivity contribution in [1.82, 2.24) is 10.6 Å². The van der Waals surface area contributed by atoms with Crippen LogP contribution in [0.2, 0.25) is 0 Å². The zero-order valence-corrected chi connectivity index (χ0v) is 18.3. The molecule has 3 unspecified atom stereocenters. The first-order chi connectivity index (χ1) is 13.1. The third-order valence-electron chi connectivity index (χ3n) is 5.89. The number of allylic oxidation sites excluding steroid dienone is 2. The molecule has 4 nitrogen and oxygen atoms in total. The number of nitrogens with one attached hydrogen (secondary N) is 2. The Kier molecular flexibility index (Phi) is 12.2. The summed E-state index contributed by atoms with van der Waals surface area (Å²) in [6.07, 6.45) is 23.7. The topological polar surface area (TPSA) is 41.1 Å². The first kappa shape index (κ1) is 23.7. The molecule has 4 heteroatoms. The van der Waals surface area contributed by atoms with E-state index in [0.29, 0.717) is 6.17 Å². The van der Waals surface area contributed by atoms with Crippen LogP contribution in [-0.2, 0) is 4.79 Å². The standard InChI is InChI=1S/C23H43N3O/c1-5-7-8-9-10-11-12-13-14-15-16-17-18-23-24-19-20-26(23,6-2)21(3)25-22(4)27/h12-13,19-21,23-24H,5-11,14-18H2,1-4H3/p+1/b13-12+. The largest absolute Gasteiger partial charge is 0.338 e. The molecule has 0 aromatic carbocycles. The lowest BCUT2D eigenvalue weighted by molar-refractivity contribution is -0.923. The van der Waals surface area contributed by atoms with E-state index in [0.717, 1.165) is 17.4 Å². The quantitative estimate of drug-likeness (QED) is 0.222. The lowest BCUT2D eigenvalue weighted by Gasteiger charge is -2.41. The van der Waals surface area contributed by atoms with Crippen molar-refractivity contribution in [1.29, 1.82) is 0 Å². The van der Waals surface area contributed by atoms with Gasteiger partial charge in [-0.1, -0.05) is 51.2 Å². The van der Waals surface area contributed by atoms with Crippen molar-refractivity contribution < 1.29 is 9.28 Å². The van der Waals surface area contributed by atoms with Crippen LogP contribution in [0.4, 0.5) is 0 Å². The Morgan fingerprint density at radius 2 is 1.70 bits per heavy atom. The molecule has 1 aliphatic heterocycles. The number of rotatable bonds is 15. The minimum atomic E-state index is 0.0460. The van der Waals surface area contributed by atoms with Crippen LogP contribution < -0.4 is 10.6 Å². The van der Waals surface area contributed by atoms with E-state index in [1.165, 1.54) is 64.2 Å². The number of hydrogen-bond donors (Lipinski definition) is 2. The molecular formula is C23H44N3O+. The summed E-state index contributed by atoms with van der Waals surface area (Å²) in [6.45, 7) is 9.17. The maximum atomic E-state index is 11.5. The van der Waals surface area contributed by atoms with Gasteiger partial charge in [-0.3, -0.25) is 9.28 Å². The van der Waals surface area contributed by atoms with Crippen LogP contribution in [0.15, 0.2) is 24.6 Å². The lowest BCUT2D eigenvalue weighted by atomic mass is 10.1. The highest BCUT2D eigenvalue weighted by molar-refractivity contribution is 5.72. The van der Waals surface area contributed by atoms with E-state index in [-0.39, 0.29) is 12.1 Å². The number of amides is 1. The van der Waals surface area contributed by atoms with Crippen LogP contribution in [0.1, 0.15) is 98.3 Å². The lowest BCUT2D eigenvalue weighted by Crippen LogP contribution is -2.62. The van der Waals surface area contributed by atoms with E-state index in [9.17, 15) is 4.79 Å². The molecular weight excluding hydrogens is 334 g/mol. The minimum absolute atomic E-state index is 0.0460. The molecule has 0 saturated heterocycles.